The number of carbonyl (C=O) groups excluding carboxylic acids is 2. The fourth-order valence-electron chi connectivity index (χ4n) is 2.28. The van der Waals surface area contributed by atoms with Gasteiger partial charge in [-0.3, -0.25) is 14.4 Å². The number of nitrogens with one attached hydrogen (secondary N) is 2. The van der Waals surface area contributed by atoms with Crippen LogP contribution in [-0.4, -0.2) is 41.0 Å². The van der Waals surface area contributed by atoms with Crippen LogP contribution in [0.3, 0.4) is 0 Å². The number of hydrogen-bond donors (Lipinski definition) is 4. The van der Waals surface area contributed by atoms with Gasteiger partial charge in [-0.25, -0.2) is 0 Å². The Labute approximate surface area is 132 Å². The summed E-state index contributed by atoms with van der Waals surface area (Å²) in [6, 6.07) is -1.87. The zero-order valence-corrected chi connectivity index (χ0v) is 14.1. The molecule has 7 heteroatoms. The summed E-state index contributed by atoms with van der Waals surface area (Å²) in [5, 5.41) is 14.1. The normalized spacial score (nSPS) is 14.0. The molecule has 0 aliphatic heterocycles. The van der Waals surface area contributed by atoms with Crippen molar-refractivity contribution in [2.45, 2.75) is 65.6 Å². The third-order valence-corrected chi connectivity index (χ3v) is 3.52. The topological polar surface area (TPSA) is 122 Å². The molecule has 0 rings (SSSR count). The molecular weight excluding hydrogens is 286 g/mol. The van der Waals surface area contributed by atoms with Crippen molar-refractivity contribution < 1.29 is 19.5 Å². The average molecular weight is 315 g/mol. The van der Waals surface area contributed by atoms with E-state index in [1.54, 1.807) is 6.92 Å². The number of aliphatic carboxylic acids is 1. The smallest absolute Gasteiger partial charge is 0.305 e. The van der Waals surface area contributed by atoms with Crippen LogP contribution in [0.2, 0.25) is 0 Å². The first kappa shape index (κ1) is 20.4. The third kappa shape index (κ3) is 6.89. The number of nitrogens with two attached hydrogens (primary N) is 1. The fraction of sp³-hybridized carbons (Fsp3) is 0.800. The average Bonchev–Trinajstić information content (AvgIpc) is 2.39. The van der Waals surface area contributed by atoms with E-state index in [9.17, 15) is 14.4 Å². The van der Waals surface area contributed by atoms with E-state index in [-0.39, 0.29) is 23.8 Å². The minimum atomic E-state index is -1.16. The summed E-state index contributed by atoms with van der Waals surface area (Å²) >= 11 is 0. The molecule has 0 aromatic heterocycles. The van der Waals surface area contributed by atoms with Crippen molar-refractivity contribution in [3.05, 3.63) is 0 Å². The SMILES string of the molecule is CCC(NC(=O)[C@@H](N)CC(=O)O)C(=O)NC(C(C)C)C(C)C. The number of amides is 2. The highest BCUT2D eigenvalue weighted by molar-refractivity contribution is 5.91. The van der Waals surface area contributed by atoms with Gasteiger partial charge in [0.15, 0.2) is 0 Å². The van der Waals surface area contributed by atoms with Gasteiger partial charge in [0, 0.05) is 6.04 Å². The van der Waals surface area contributed by atoms with Gasteiger partial charge >= 0.3 is 5.97 Å². The van der Waals surface area contributed by atoms with Gasteiger partial charge in [-0.2, -0.15) is 0 Å². The first-order chi connectivity index (χ1) is 10.1. The molecule has 2 amide bonds. The second-order valence-corrected chi connectivity index (χ2v) is 6.20. The number of carboxylic acids is 1. The molecule has 0 bridgehead atoms. The lowest BCUT2D eigenvalue weighted by Crippen LogP contribution is -2.54. The van der Waals surface area contributed by atoms with Gasteiger partial charge in [0.05, 0.1) is 12.5 Å². The Kier molecular flexibility index (Phi) is 8.70. The molecule has 0 aliphatic rings. The van der Waals surface area contributed by atoms with Crippen molar-refractivity contribution >= 4 is 17.8 Å². The number of hydrogen-bond acceptors (Lipinski definition) is 4. The highest BCUT2D eigenvalue weighted by Gasteiger charge is 2.27. The largest absolute Gasteiger partial charge is 0.481 e. The van der Waals surface area contributed by atoms with Crippen LogP contribution in [0.5, 0.6) is 0 Å². The maximum absolute atomic E-state index is 12.3. The van der Waals surface area contributed by atoms with Gasteiger partial charge in [-0.05, 0) is 18.3 Å². The van der Waals surface area contributed by atoms with Gasteiger partial charge < -0.3 is 21.5 Å². The molecular formula is C15H29N3O4. The van der Waals surface area contributed by atoms with Crippen molar-refractivity contribution in [3.8, 4) is 0 Å². The van der Waals surface area contributed by atoms with Crippen LogP contribution in [0.15, 0.2) is 0 Å². The van der Waals surface area contributed by atoms with Gasteiger partial charge in [0.1, 0.15) is 6.04 Å². The van der Waals surface area contributed by atoms with Crippen LogP contribution in [-0.2, 0) is 14.4 Å². The predicted octanol–water partition coefficient (Wildman–Crippen LogP) is 0.480. The molecule has 7 nitrogen and oxygen atoms in total. The zero-order valence-electron chi connectivity index (χ0n) is 14.1. The lowest BCUT2D eigenvalue weighted by molar-refractivity contribution is -0.139. The molecule has 128 valence electrons. The van der Waals surface area contributed by atoms with E-state index < -0.39 is 30.4 Å². The minimum absolute atomic E-state index is 0.00569. The van der Waals surface area contributed by atoms with E-state index in [4.69, 9.17) is 10.8 Å². The molecule has 22 heavy (non-hydrogen) atoms. The van der Waals surface area contributed by atoms with E-state index in [0.717, 1.165) is 0 Å². The summed E-state index contributed by atoms with van der Waals surface area (Å²) in [6.07, 6.45) is -0.0647. The Morgan fingerprint density at radius 2 is 1.50 bits per heavy atom. The highest BCUT2D eigenvalue weighted by atomic mass is 16.4. The Balaban J connectivity index is 4.72. The molecule has 0 aliphatic carbocycles. The third-order valence-electron chi connectivity index (χ3n) is 3.52. The van der Waals surface area contributed by atoms with Gasteiger partial charge in [-0.15, -0.1) is 0 Å². The lowest BCUT2D eigenvalue weighted by atomic mass is 9.93. The molecule has 0 heterocycles. The summed E-state index contributed by atoms with van der Waals surface area (Å²) in [6.45, 7) is 9.86. The molecule has 0 aromatic rings. The number of carboxylic acid groups (broad SMARTS) is 1. The molecule has 2 atom stereocenters. The van der Waals surface area contributed by atoms with E-state index >= 15 is 0 Å². The molecule has 5 N–H and O–H groups in total. The maximum atomic E-state index is 12.3. The van der Waals surface area contributed by atoms with Crippen molar-refractivity contribution in [2.75, 3.05) is 0 Å². The summed E-state index contributed by atoms with van der Waals surface area (Å²) in [4.78, 5) is 34.7. The lowest BCUT2D eigenvalue weighted by Gasteiger charge is -2.28. The molecule has 0 spiro atoms. The number of rotatable bonds is 9. The molecule has 0 saturated heterocycles. The number of carbonyl (C=O) groups is 3. The van der Waals surface area contributed by atoms with Gasteiger partial charge in [0.2, 0.25) is 11.8 Å². The Morgan fingerprint density at radius 1 is 1.00 bits per heavy atom. The first-order valence-corrected chi connectivity index (χ1v) is 7.68. The van der Waals surface area contributed by atoms with Crippen LogP contribution in [0.1, 0.15) is 47.5 Å². The summed E-state index contributed by atoms with van der Waals surface area (Å²) in [7, 11) is 0. The van der Waals surface area contributed by atoms with Gasteiger partial charge in [-0.1, -0.05) is 34.6 Å². The maximum Gasteiger partial charge on any atom is 0.305 e. The van der Waals surface area contributed by atoms with Crippen molar-refractivity contribution in [3.63, 3.8) is 0 Å². The summed E-state index contributed by atoms with van der Waals surface area (Å²) in [5.41, 5.74) is 5.49. The first-order valence-electron chi connectivity index (χ1n) is 7.68. The highest BCUT2D eigenvalue weighted by Crippen LogP contribution is 2.12. The second kappa shape index (κ2) is 9.40. The van der Waals surface area contributed by atoms with E-state index in [0.29, 0.717) is 6.42 Å². The van der Waals surface area contributed by atoms with Crippen LogP contribution in [0.4, 0.5) is 0 Å². The molecule has 1 unspecified atom stereocenters. The Hall–Kier alpha value is -1.63. The van der Waals surface area contributed by atoms with Crippen molar-refractivity contribution in [1.82, 2.24) is 10.6 Å². The van der Waals surface area contributed by atoms with E-state index in [2.05, 4.69) is 10.6 Å². The summed E-state index contributed by atoms with van der Waals surface area (Å²) in [5.74, 6) is -1.52. The van der Waals surface area contributed by atoms with Crippen LogP contribution in [0.25, 0.3) is 0 Å². The molecule has 0 fully saturated rings. The second-order valence-electron chi connectivity index (χ2n) is 6.20. The quantitative estimate of drug-likeness (QED) is 0.493. The fourth-order valence-corrected chi connectivity index (χ4v) is 2.28. The molecule has 0 radical (unpaired) electrons. The predicted molar refractivity (Wildman–Crippen MR) is 84.1 cm³/mol. The summed E-state index contributed by atoms with van der Waals surface area (Å²) < 4.78 is 0. The Bertz CT molecular complexity index is 388. The standard InChI is InChI=1S/C15H29N3O4/c1-6-11(17-14(21)10(16)7-12(19)20)15(22)18-13(8(2)3)9(4)5/h8-11,13H,6-7,16H2,1-5H3,(H,17,21)(H,18,22)(H,19,20)/t10-,11?/m0/s1. The van der Waals surface area contributed by atoms with E-state index in [1.165, 1.54) is 0 Å². The van der Waals surface area contributed by atoms with Crippen molar-refractivity contribution in [1.29, 1.82) is 0 Å². The van der Waals surface area contributed by atoms with Crippen LogP contribution >= 0.6 is 0 Å². The van der Waals surface area contributed by atoms with Crippen molar-refractivity contribution in [2.24, 2.45) is 17.6 Å². The molecule has 0 saturated carbocycles. The van der Waals surface area contributed by atoms with Crippen LogP contribution < -0.4 is 16.4 Å². The van der Waals surface area contributed by atoms with Gasteiger partial charge in [0.25, 0.3) is 0 Å². The Morgan fingerprint density at radius 3 is 1.86 bits per heavy atom. The van der Waals surface area contributed by atoms with Crippen LogP contribution in [0, 0.1) is 11.8 Å². The monoisotopic (exact) mass is 315 g/mol. The van der Waals surface area contributed by atoms with E-state index in [1.807, 2.05) is 27.7 Å². The minimum Gasteiger partial charge on any atom is -0.481 e. The molecule has 0 aromatic carbocycles. The zero-order chi connectivity index (χ0) is 17.4.